The minimum atomic E-state index is -0.149. The van der Waals surface area contributed by atoms with Gasteiger partial charge in [0.25, 0.3) is 5.91 Å². The van der Waals surface area contributed by atoms with Crippen LogP contribution in [-0.2, 0) is 11.3 Å². The Balaban J connectivity index is 1.59. The Bertz CT molecular complexity index is 917. The number of para-hydroxylation sites is 2. The first-order valence-corrected chi connectivity index (χ1v) is 9.12. The molecule has 1 heterocycles. The largest absolute Gasteiger partial charge is 0.319 e. The molecule has 0 spiro atoms. The quantitative estimate of drug-likeness (QED) is 0.419. The number of nitrogens with one attached hydrogen (secondary N) is 1. The van der Waals surface area contributed by atoms with Crippen molar-refractivity contribution in [1.29, 1.82) is 0 Å². The minimum Gasteiger partial charge on any atom is -0.319 e. The summed E-state index contributed by atoms with van der Waals surface area (Å²) in [7, 11) is 0. The van der Waals surface area contributed by atoms with Crippen molar-refractivity contribution in [3.63, 3.8) is 0 Å². The van der Waals surface area contributed by atoms with Crippen molar-refractivity contribution in [1.82, 2.24) is 15.0 Å². The Labute approximate surface area is 151 Å². The van der Waals surface area contributed by atoms with Gasteiger partial charge >= 0.3 is 0 Å². The van der Waals surface area contributed by atoms with E-state index in [2.05, 4.69) is 27.0 Å². The summed E-state index contributed by atoms with van der Waals surface area (Å²) in [6, 6.07) is 15.9. The zero-order valence-electron chi connectivity index (χ0n) is 14.3. The average molecular weight is 352 g/mol. The van der Waals surface area contributed by atoms with Gasteiger partial charge in [-0.2, -0.15) is 5.10 Å². The zero-order chi connectivity index (χ0) is 17.6. The van der Waals surface area contributed by atoms with E-state index in [0.29, 0.717) is 0 Å². The lowest BCUT2D eigenvalue weighted by Crippen LogP contribution is -2.20. The van der Waals surface area contributed by atoms with Crippen LogP contribution in [0, 0.1) is 6.92 Å². The molecule has 0 atom stereocenters. The van der Waals surface area contributed by atoms with Crippen LogP contribution in [0.3, 0.4) is 0 Å². The van der Waals surface area contributed by atoms with Crippen LogP contribution in [0.5, 0.6) is 0 Å². The number of rotatable bonds is 6. The molecule has 0 radical (unpaired) electrons. The second-order valence-corrected chi connectivity index (χ2v) is 6.57. The Morgan fingerprint density at radius 1 is 1.28 bits per heavy atom. The summed E-state index contributed by atoms with van der Waals surface area (Å²) in [5.41, 5.74) is 6.72. The first-order valence-electron chi connectivity index (χ1n) is 8.14. The van der Waals surface area contributed by atoms with Crippen LogP contribution < -0.4 is 5.43 Å². The normalized spacial score (nSPS) is 11.3. The van der Waals surface area contributed by atoms with Crippen LogP contribution >= 0.6 is 11.8 Å². The molecule has 25 heavy (non-hydrogen) atoms. The summed E-state index contributed by atoms with van der Waals surface area (Å²) in [4.78, 5) is 16.6. The van der Waals surface area contributed by atoms with Crippen LogP contribution in [0.4, 0.5) is 0 Å². The van der Waals surface area contributed by atoms with Gasteiger partial charge < -0.3 is 4.57 Å². The van der Waals surface area contributed by atoms with Crippen LogP contribution in [0.2, 0.25) is 0 Å². The van der Waals surface area contributed by atoms with E-state index < -0.39 is 0 Å². The number of hydrazone groups is 1. The highest BCUT2D eigenvalue weighted by Crippen LogP contribution is 2.23. The maximum absolute atomic E-state index is 12.0. The summed E-state index contributed by atoms with van der Waals surface area (Å²) >= 11 is 1.42. The number of carbonyl (C=O) groups is 1. The summed E-state index contributed by atoms with van der Waals surface area (Å²) in [6.07, 6.45) is 1.65. The molecule has 2 aromatic carbocycles. The van der Waals surface area contributed by atoms with Gasteiger partial charge in [-0.25, -0.2) is 10.4 Å². The Morgan fingerprint density at radius 2 is 2.12 bits per heavy atom. The fraction of sp³-hybridized carbons (Fsp3) is 0.211. The number of nitrogens with zero attached hydrogens (tertiary/aromatic N) is 3. The van der Waals surface area contributed by atoms with Crippen LogP contribution in [0.1, 0.15) is 18.1 Å². The first-order chi connectivity index (χ1) is 12.2. The number of imidazole rings is 1. The molecule has 0 saturated heterocycles. The summed E-state index contributed by atoms with van der Waals surface area (Å²) in [6.45, 7) is 4.91. The molecule has 3 rings (SSSR count). The molecule has 5 nitrogen and oxygen atoms in total. The second kappa shape index (κ2) is 7.98. The summed E-state index contributed by atoms with van der Waals surface area (Å²) in [5.74, 6) is 0.123. The Kier molecular flexibility index (Phi) is 5.50. The topological polar surface area (TPSA) is 59.3 Å². The number of fused-ring (bicyclic) bond motifs is 1. The predicted octanol–water partition coefficient (Wildman–Crippen LogP) is 3.61. The molecular weight excluding hydrogens is 332 g/mol. The molecule has 1 N–H and O–H groups in total. The van der Waals surface area contributed by atoms with Gasteiger partial charge in [-0.3, -0.25) is 4.79 Å². The highest BCUT2D eigenvalue weighted by molar-refractivity contribution is 7.99. The summed E-state index contributed by atoms with van der Waals surface area (Å²) < 4.78 is 2.11. The van der Waals surface area contributed by atoms with Crippen molar-refractivity contribution in [2.45, 2.75) is 25.5 Å². The Hall–Kier alpha value is -2.60. The third-order valence-corrected chi connectivity index (χ3v) is 4.69. The van der Waals surface area contributed by atoms with E-state index in [-0.39, 0.29) is 11.7 Å². The molecule has 3 aromatic rings. The smallest absolute Gasteiger partial charge is 0.250 e. The van der Waals surface area contributed by atoms with E-state index >= 15 is 0 Å². The van der Waals surface area contributed by atoms with E-state index in [1.165, 1.54) is 11.8 Å². The number of aromatic nitrogens is 2. The van der Waals surface area contributed by atoms with Gasteiger partial charge in [-0.15, -0.1) is 0 Å². The predicted molar refractivity (Wildman–Crippen MR) is 103 cm³/mol. The molecule has 0 fully saturated rings. The van der Waals surface area contributed by atoms with Crippen molar-refractivity contribution in [3.8, 4) is 0 Å². The average Bonchev–Trinajstić information content (AvgIpc) is 2.97. The number of amides is 1. The van der Waals surface area contributed by atoms with Crippen molar-refractivity contribution < 1.29 is 4.79 Å². The first kappa shape index (κ1) is 17.2. The summed E-state index contributed by atoms with van der Waals surface area (Å²) in [5, 5.41) is 4.86. The number of hydrogen-bond acceptors (Lipinski definition) is 4. The maximum Gasteiger partial charge on any atom is 0.250 e. The molecule has 0 unspecified atom stereocenters. The van der Waals surface area contributed by atoms with Crippen molar-refractivity contribution in [3.05, 3.63) is 59.7 Å². The molecular formula is C19H20N4OS. The van der Waals surface area contributed by atoms with Gasteiger partial charge in [-0.05, 0) is 31.5 Å². The number of carbonyl (C=O) groups excluding carboxylic acids is 1. The fourth-order valence-corrected chi connectivity index (χ4v) is 3.43. The molecule has 0 aliphatic carbocycles. The van der Waals surface area contributed by atoms with E-state index in [9.17, 15) is 4.79 Å². The van der Waals surface area contributed by atoms with Crippen LogP contribution in [0.15, 0.2) is 58.8 Å². The molecule has 1 aromatic heterocycles. The van der Waals surface area contributed by atoms with Gasteiger partial charge in [0.1, 0.15) is 0 Å². The highest BCUT2D eigenvalue weighted by Gasteiger charge is 2.11. The number of benzene rings is 2. The van der Waals surface area contributed by atoms with E-state index in [4.69, 9.17) is 0 Å². The lowest BCUT2D eigenvalue weighted by molar-refractivity contribution is -0.118. The standard InChI is InChI=1S/C19H20N4OS/c1-3-23-17-10-5-4-9-16(17)21-19(23)25-13-18(24)22-20-12-15-8-6-7-14(2)11-15/h4-12H,3,13H2,1-2H3,(H,22,24)/b20-12-. The maximum atomic E-state index is 12.0. The van der Waals surface area contributed by atoms with Gasteiger partial charge in [0.15, 0.2) is 5.16 Å². The zero-order valence-corrected chi connectivity index (χ0v) is 15.1. The number of aryl methyl sites for hydroxylation is 2. The third-order valence-electron chi connectivity index (χ3n) is 3.71. The van der Waals surface area contributed by atoms with Gasteiger partial charge in [0.2, 0.25) is 0 Å². The van der Waals surface area contributed by atoms with E-state index in [1.54, 1.807) is 6.21 Å². The highest BCUT2D eigenvalue weighted by atomic mass is 32.2. The fourth-order valence-electron chi connectivity index (χ4n) is 2.56. The van der Waals surface area contributed by atoms with Crippen LogP contribution in [0.25, 0.3) is 11.0 Å². The van der Waals surface area contributed by atoms with Gasteiger partial charge in [0, 0.05) is 6.54 Å². The van der Waals surface area contributed by atoms with E-state index in [0.717, 1.165) is 33.9 Å². The lowest BCUT2D eigenvalue weighted by Gasteiger charge is -2.04. The monoisotopic (exact) mass is 352 g/mol. The van der Waals surface area contributed by atoms with Crippen molar-refractivity contribution in [2.75, 3.05) is 5.75 Å². The molecule has 0 bridgehead atoms. The SMILES string of the molecule is CCn1c(SCC(=O)N/N=C\c2cccc(C)c2)nc2ccccc21. The third kappa shape index (κ3) is 4.28. The van der Waals surface area contributed by atoms with Crippen molar-refractivity contribution >= 4 is 34.9 Å². The van der Waals surface area contributed by atoms with E-state index in [1.807, 2.05) is 55.5 Å². The molecule has 128 valence electrons. The molecule has 0 saturated carbocycles. The molecule has 0 aliphatic heterocycles. The molecule has 6 heteroatoms. The van der Waals surface area contributed by atoms with Crippen LogP contribution in [-0.4, -0.2) is 27.4 Å². The lowest BCUT2D eigenvalue weighted by atomic mass is 10.2. The number of hydrogen-bond donors (Lipinski definition) is 1. The number of thioether (sulfide) groups is 1. The van der Waals surface area contributed by atoms with Crippen molar-refractivity contribution in [2.24, 2.45) is 5.10 Å². The molecule has 1 amide bonds. The van der Waals surface area contributed by atoms with Gasteiger partial charge in [0.05, 0.1) is 23.0 Å². The molecule has 0 aliphatic rings. The van der Waals surface area contributed by atoms with Gasteiger partial charge in [-0.1, -0.05) is 53.7 Å². The minimum absolute atomic E-state index is 0.149. The second-order valence-electron chi connectivity index (χ2n) is 5.62. The Morgan fingerprint density at radius 3 is 2.92 bits per heavy atom.